The smallest absolute Gasteiger partial charge is 0.127 e. The van der Waals surface area contributed by atoms with Crippen molar-refractivity contribution in [3.63, 3.8) is 0 Å². The Bertz CT molecular complexity index is 638. The Hall–Kier alpha value is -3.00. The molecule has 0 aromatic heterocycles. The average Bonchev–Trinajstić information content (AvgIpc) is 2.55. The highest BCUT2D eigenvalue weighted by Gasteiger charge is 1.96. The molecular weight excluding hydrogens is 270 g/mol. The molecule has 0 radical (unpaired) electrons. The summed E-state index contributed by atoms with van der Waals surface area (Å²) < 4.78 is 5.98. The number of hydrogen-bond acceptors (Lipinski definition) is 2. The molecule has 2 aromatic rings. The number of nitrogens with one attached hydrogen (secondary N) is 1. The Balaban J connectivity index is 2.25. The monoisotopic (exact) mass is 287 g/mol. The van der Waals surface area contributed by atoms with E-state index in [2.05, 4.69) is 5.32 Å². The minimum atomic E-state index is 0.781. The van der Waals surface area contributed by atoms with Crippen LogP contribution in [0.15, 0.2) is 97.1 Å². The highest BCUT2D eigenvalue weighted by atomic mass is 16.5. The molecule has 0 fully saturated rings. The molecule has 0 aliphatic carbocycles. The molecule has 0 saturated carbocycles. The van der Waals surface area contributed by atoms with Gasteiger partial charge in [-0.15, -0.1) is 0 Å². The lowest BCUT2D eigenvalue weighted by Gasteiger charge is -2.07. The predicted octanol–water partition coefficient (Wildman–Crippen LogP) is 5.78. The zero-order valence-electron chi connectivity index (χ0n) is 12.1. The zero-order valence-corrected chi connectivity index (χ0v) is 12.1. The second-order valence-corrected chi connectivity index (χ2v) is 4.82. The van der Waals surface area contributed by atoms with Crippen LogP contribution < -0.4 is 10.1 Å². The van der Waals surface area contributed by atoms with Crippen LogP contribution in [-0.2, 0) is 0 Å². The molecular formula is C20H17NO. The molecule has 0 saturated heterocycles. The van der Waals surface area contributed by atoms with Crippen molar-refractivity contribution in [2.24, 2.45) is 0 Å². The van der Waals surface area contributed by atoms with E-state index >= 15 is 0 Å². The summed E-state index contributed by atoms with van der Waals surface area (Å²) in [6.07, 6.45) is 0. The van der Waals surface area contributed by atoms with Crippen molar-refractivity contribution in [1.29, 1.82) is 0 Å². The van der Waals surface area contributed by atoms with Crippen LogP contribution in [0.1, 0.15) is 0 Å². The van der Waals surface area contributed by atoms with Gasteiger partial charge in [0.2, 0.25) is 0 Å². The van der Waals surface area contributed by atoms with Crippen LogP contribution in [0.25, 0.3) is 0 Å². The van der Waals surface area contributed by atoms with Gasteiger partial charge in [0.25, 0.3) is 0 Å². The molecule has 0 spiro atoms. The van der Waals surface area contributed by atoms with E-state index in [1.165, 1.54) is 0 Å². The molecule has 0 unspecified atom stereocenters. The summed E-state index contributed by atoms with van der Waals surface area (Å²) in [6.45, 7) is 0. The molecule has 0 amide bonds. The number of fused-ring (bicyclic) bond motifs is 6. The van der Waals surface area contributed by atoms with E-state index in [1.54, 1.807) is 0 Å². The minimum absolute atomic E-state index is 0.781. The maximum Gasteiger partial charge on any atom is 0.127 e. The molecule has 2 aromatic carbocycles. The maximum atomic E-state index is 5.98. The third-order valence-electron chi connectivity index (χ3n) is 3.12. The predicted molar refractivity (Wildman–Crippen MR) is 91.5 cm³/mol. The van der Waals surface area contributed by atoms with Crippen LogP contribution in [0.3, 0.4) is 0 Å². The molecule has 2 heteroatoms. The molecule has 1 aliphatic rings. The van der Waals surface area contributed by atoms with Gasteiger partial charge in [-0.2, -0.15) is 0 Å². The van der Waals surface area contributed by atoms with Crippen LogP contribution in [-0.4, -0.2) is 0 Å². The Kier molecular flexibility index (Phi) is 4.53. The van der Waals surface area contributed by atoms with Crippen molar-refractivity contribution in [3.8, 4) is 11.5 Å². The maximum absolute atomic E-state index is 5.98. The van der Waals surface area contributed by atoms with Gasteiger partial charge in [-0.05, 0) is 48.5 Å². The average molecular weight is 287 g/mol. The molecule has 0 atom stereocenters. The number of hydrogen-bond donors (Lipinski definition) is 1. The van der Waals surface area contributed by atoms with Crippen molar-refractivity contribution >= 4 is 11.4 Å². The first-order valence-corrected chi connectivity index (χ1v) is 7.22. The van der Waals surface area contributed by atoms with Gasteiger partial charge in [-0.1, -0.05) is 48.5 Å². The molecule has 1 aliphatic heterocycles. The largest absolute Gasteiger partial charge is 0.457 e. The van der Waals surface area contributed by atoms with Gasteiger partial charge in [0.1, 0.15) is 11.5 Å². The van der Waals surface area contributed by atoms with Gasteiger partial charge in [-0.3, -0.25) is 0 Å². The summed E-state index contributed by atoms with van der Waals surface area (Å²) in [5.41, 5.74) is 1.98. The lowest BCUT2D eigenvalue weighted by Crippen LogP contribution is -1.89. The second-order valence-electron chi connectivity index (χ2n) is 4.82. The molecule has 4 bridgehead atoms. The summed E-state index contributed by atoms with van der Waals surface area (Å²) in [5.74, 6) is 1.56. The van der Waals surface area contributed by atoms with Crippen molar-refractivity contribution in [1.82, 2.24) is 0 Å². The van der Waals surface area contributed by atoms with Crippen LogP contribution >= 0.6 is 0 Å². The lowest BCUT2D eigenvalue weighted by molar-refractivity contribution is 0.483. The molecule has 1 heterocycles. The number of rotatable bonds is 0. The molecule has 2 nitrogen and oxygen atoms in total. The molecule has 108 valence electrons. The Morgan fingerprint density at radius 1 is 0.455 bits per heavy atom. The third-order valence-corrected chi connectivity index (χ3v) is 3.12. The van der Waals surface area contributed by atoms with Gasteiger partial charge in [0.15, 0.2) is 0 Å². The summed E-state index contributed by atoms with van der Waals surface area (Å²) in [6, 6.07) is 31.7. The van der Waals surface area contributed by atoms with Crippen LogP contribution in [0.2, 0.25) is 0 Å². The molecule has 3 rings (SSSR count). The standard InChI is InChI=1S/C20H17NO/c1-3-7-11-19-15-13-17(9-5-1)21-18-10-6-2-4-8-12-20(22-19)16-14-18/h1-16,21H. The number of anilines is 2. The van der Waals surface area contributed by atoms with E-state index in [1.807, 2.05) is 97.1 Å². The van der Waals surface area contributed by atoms with Crippen LogP contribution in [0, 0.1) is 0 Å². The van der Waals surface area contributed by atoms with Crippen molar-refractivity contribution < 1.29 is 4.74 Å². The lowest BCUT2D eigenvalue weighted by atomic mass is 10.3. The fourth-order valence-electron chi connectivity index (χ4n) is 2.05. The van der Waals surface area contributed by atoms with Gasteiger partial charge in [-0.25, -0.2) is 0 Å². The third kappa shape index (κ3) is 4.00. The van der Waals surface area contributed by atoms with E-state index in [0.29, 0.717) is 0 Å². The number of ether oxygens (including phenoxy) is 1. The van der Waals surface area contributed by atoms with Gasteiger partial charge in [0.05, 0.1) is 0 Å². The summed E-state index contributed by atoms with van der Waals surface area (Å²) >= 11 is 0. The van der Waals surface area contributed by atoms with E-state index in [0.717, 1.165) is 22.9 Å². The van der Waals surface area contributed by atoms with Crippen molar-refractivity contribution in [2.45, 2.75) is 0 Å². The normalized spacial score (nSPS) is 10.5. The van der Waals surface area contributed by atoms with Crippen molar-refractivity contribution in [3.05, 3.63) is 97.1 Å². The first-order valence-electron chi connectivity index (χ1n) is 7.22. The fraction of sp³-hybridized carbons (Fsp3) is 0. The van der Waals surface area contributed by atoms with Gasteiger partial charge in [0, 0.05) is 11.4 Å². The Morgan fingerprint density at radius 2 is 0.909 bits per heavy atom. The SMILES string of the molecule is c1cccc2ccc(cc1)Nc1ccccccc(cc1)O2. The summed E-state index contributed by atoms with van der Waals surface area (Å²) in [4.78, 5) is 0. The highest BCUT2D eigenvalue weighted by molar-refractivity contribution is 5.59. The van der Waals surface area contributed by atoms with E-state index in [9.17, 15) is 0 Å². The van der Waals surface area contributed by atoms with E-state index < -0.39 is 0 Å². The topological polar surface area (TPSA) is 21.3 Å². The van der Waals surface area contributed by atoms with Gasteiger partial charge < -0.3 is 10.1 Å². The van der Waals surface area contributed by atoms with E-state index in [4.69, 9.17) is 4.74 Å². The Labute approximate surface area is 130 Å². The minimum Gasteiger partial charge on any atom is -0.457 e. The van der Waals surface area contributed by atoms with Crippen LogP contribution in [0.4, 0.5) is 11.4 Å². The van der Waals surface area contributed by atoms with Gasteiger partial charge >= 0.3 is 0 Å². The summed E-state index contributed by atoms with van der Waals surface area (Å²) in [7, 11) is 0. The Morgan fingerprint density at radius 3 is 1.41 bits per heavy atom. The second kappa shape index (κ2) is 7.14. The first-order chi connectivity index (χ1) is 10.9. The van der Waals surface area contributed by atoms with Crippen LogP contribution in [0.5, 0.6) is 11.5 Å². The molecule has 22 heavy (non-hydrogen) atoms. The van der Waals surface area contributed by atoms with E-state index in [-0.39, 0.29) is 0 Å². The van der Waals surface area contributed by atoms with Crippen molar-refractivity contribution in [2.75, 3.05) is 5.32 Å². The fourth-order valence-corrected chi connectivity index (χ4v) is 2.05. The molecule has 1 N–H and O–H groups in total. The first kappa shape index (κ1) is 14.0. The highest BCUT2D eigenvalue weighted by Crippen LogP contribution is 2.22. The zero-order chi connectivity index (χ0) is 15.0. The quantitative estimate of drug-likeness (QED) is 0.565. The summed E-state index contributed by atoms with van der Waals surface area (Å²) in [5, 5.41) is 3.42.